The highest BCUT2D eigenvalue weighted by molar-refractivity contribution is 4.75. The Hall–Kier alpha value is -0.0400. The summed E-state index contributed by atoms with van der Waals surface area (Å²) in [4.78, 5) is 2.60. The topological polar surface area (TPSA) is 3.24 Å². The molecule has 0 saturated carbocycles. The molecule has 1 unspecified atom stereocenters. The molecule has 0 fully saturated rings. The first-order chi connectivity index (χ1) is 5.78. The van der Waals surface area contributed by atoms with Crippen molar-refractivity contribution in [1.29, 1.82) is 0 Å². The van der Waals surface area contributed by atoms with Crippen molar-refractivity contribution in [3.8, 4) is 0 Å². The molecule has 0 N–H and O–H groups in total. The van der Waals surface area contributed by atoms with Crippen LogP contribution in [0.1, 0.15) is 54.9 Å². The van der Waals surface area contributed by atoms with Crippen molar-refractivity contribution in [3.63, 3.8) is 0 Å². The number of rotatable bonds is 4. The summed E-state index contributed by atoms with van der Waals surface area (Å²) in [5, 5.41) is 0. The van der Waals surface area contributed by atoms with E-state index in [0.717, 1.165) is 0 Å². The molecule has 0 aliphatic carbocycles. The van der Waals surface area contributed by atoms with Crippen LogP contribution in [0.3, 0.4) is 0 Å². The van der Waals surface area contributed by atoms with Gasteiger partial charge in [-0.2, -0.15) is 0 Å². The number of hydrogen-bond acceptors (Lipinski definition) is 1. The first-order valence-corrected chi connectivity index (χ1v) is 5.53. The van der Waals surface area contributed by atoms with Gasteiger partial charge < -0.3 is 0 Å². The smallest absolute Gasteiger partial charge is 0.00672 e. The molecule has 80 valence electrons. The van der Waals surface area contributed by atoms with Gasteiger partial charge in [0.1, 0.15) is 0 Å². The lowest BCUT2D eigenvalue weighted by atomic mass is 9.94. The minimum Gasteiger partial charge on any atom is -0.298 e. The predicted octanol–water partition coefficient (Wildman–Crippen LogP) is 3.54. The molecular formula is C12H27N. The minimum absolute atomic E-state index is 0.410. The van der Waals surface area contributed by atoms with Gasteiger partial charge in [0.05, 0.1) is 0 Å². The molecule has 0 heterocycles. The fourth-order valence-electron chi connectivity index (χ4n) is 1.63. The molecule has 0 aliphatic heterocycles. The Morgan fingerprint density at radius 1 is 1.08 bits per heavy atom. The molecule has 0 aromatic heterocycles. The lowest BCUT2D eigenvalue weighted by Crippen LogP contribution is -2.43. The molecule has 0 aromatic carbocycles. The van der Waals surface area contributed by atoms with Crippen LogP contribution in [-0.4, -0.2) is 23.5 Å². The van der Waals surface area contributed by atoms with E-state index >= 15 is 0 Å². The molecule has 0 aromatic rings. The predicted molar refractivity (Wildman–Crippen MR) is 61.1 cm³/mol. The lowest BCUT2D eigenvalue weighted by molar-refractivity contribution is 0.109. The van der Waals surface area contributed by atoms with E-state index in [4.69, 9.17) is 0 Å². The van der Waals surface area contributed by atoms with Crippen molar-refractivity contribution in [2.24, 2.45) is 5.41 Å². The van der Waals surface area contributed by atoms with Crippen LogP contribution in [0.5, 0.6) is 0 Å². The second-order valence-electron chi connectivity index (χ2n) is 5.58. The fourth-order valence-corrected chi connectivity index (χ4v) is 1.63. The number of nitrogens with zero attached hydrogens (tertiary/aromatic N) is 1. The Morgan fingerprint density at radius 3 is 1.77 bits per heavy atom. The highest BCUT2D eigenvalue weighted by Gasteiger charge is 2.21. The van der Waals surface area contributed by atoms with Crippen molar-refractivity contribution in [3.05, 3.63) is 0 Å². The second kappa shape index (κ2) is 4.99. The highest BCUT2D eigenvalue weighted by Crippen LogP contribution is 2.19. The second-order valence-corrected chi connectivity index (χ2v) is 5.58. The zero-order chi connectivity index (χ0) is 10.6. The van der Waals surface area contributed by atoms with Gasteiger partial charge in [-0.15, -0.1) is 0 Å². The zero-order valence-electron chi connectivity index (χ0n) is 10.5. The summed E-state index contributed by atoms with van der Waals surface area (Å²) in [5.74, 6) is 0. The van der Waals surface area contributed by atoms with Gasteiger partial charge in [0.2, 0.25) is 0 Å². The molecule has 0 radical (unpaired) electrons. The van der Waals surface area contributed by atoms with Gasteiger partial charge in [-0.25, -0.2) is 0 Å². The molecule has 13 heavy (non-hydrogen) atoms. The summed E-state index contributed by atoms with van der Waals surface area (Å²) in [6.45, 7) is 17.3. The van der Waals surface area contributed by atoms with Gasteiger partial charge in [-0.1, -0.05) is 27.7 Å². The highest BCUT2D eigenvalue weighted by atomic mass is 15.2. The summed E-state index contributed by atoms with van der Waals surface area (Å²) >= 11 is 0. The minimum atomic E-state index is 0.410. The van der Waals surface area contributed by atoms with Crippen LogP contribution in [0.25, 0.3) is 0 Å². The quantitative estimate of drug-likeness (QED) is 0.647. The van der Waals surface area contributed by atoms with E-state index in [2.05, 4.69) is 53.4 Å². The molecule has 1 nitrogen and oxygen atoms in total. The maximum atomic E-state index is 2.60. The Kier molecular flexibility index (Phi) is 4.98. The summed E-state index contributed by atoms with van der Waals surface area (Å²) in [6.07, 6.45) is 1.24. The van der Waals surface area contributed by atoms with Gasteiger partial charge in [-0.3, -0.25) is 4.90 Å². The Bertz CT molecular complexity index is 133. The molecule has 0 saturated heterocycles. The van der Waals surface area contributed by atoms with Crippen LogP contribution in [0, 0.1) is 5.41 Å². The Morgan fingerprint density at radius 2 is 1.54 bits per heavy atom. The van der Waals surface area contributed by atoms with E-state index in [0.29, 0.717) is 17.5 Å². The van der Waals surface area contributed by atoms with E-state index in [1.165, 1.54) is 13.0 Å². The molecule has 0 bridgehead atoms. The molecule has 0 aliphatic rings. The van der Waals surface area contributed by atoms with Crippen molar-refractivity contribution < 1.29 is 0 Å². The van der Waals surface area contributed by atoms with Crippen LogP contribution in [-0.2, 0) is 0 Å². The summed E-state index contributed by atoms with van der Waals surface area (Å²) in [5.41, 5.74) is 0.410. The Labute approximate surface area is 84.5 Å². The number of hydrogen-bond donors (Lipinski definition) is 0. The third kappa shape index (κ3) is 5.30. The van der Waals surface area contributed by atoms with Gasteiger partial charge in [-0.05, 0) is 32.6 Å². The van der Waals surface area contributed by atoms with Crippen molar-refractivity contribution in [2.45, 2.75) is 67.0 Å². The lowest BCUT2D eigenvalue weighted by Gasteiger charge is -2.37. The van der Waals surface area contributed by atoms with Crippen molar-refractivity contribution >= 4 is 0 Å². The van der Waals surface area contributed by atoms with Gasteiger partial charge in [0, 0.05) is 18.6 Å². The van der Waals surface area contributed by atoms with Crippen LogP contribution in [0.15, 0.2) is 0 Å². The maximum Gasteiger partial charge on any atom is 0.00672 e. The molecule has 0 amide bonds. The van der Waals surface area contributed by atoms with Crippen molar-refractivity contribution in [1.82, 2.24) is 4.90 Å². The first kappa shape index (κ1) is 13.0. The summed E-state index contributed by atoms with van der Waals surface area (Å²) in [7, 11) is 0. The van der Waals surface area contributed by atoms with E-state index in [1.807, 2.05) is 0 Å². The van der Waals surface area contributed by atoms with Gasteiger partial charge in [0.25, 0.3) is 0 Å². The summed E-state index contributed by atoms with van der Waals surface area (Å²) in [6, 6.07) is 1.37. The first-order valence-electron chi connectivity index (χ1n) is 5.53. The molecule has 1 atom stereocenters. The molecule has 0 rings (SSSR count). The van der Waals surface area contributed by atoms with E-state index < -0.39 is 0 Å². The molecular weight excluding hydrogens is 158 g/mol. The van der Waals surface area contributed by atoms with Crippen molar-refractivity contribution in [2.75, 3.05) is 6.54 Å². The normalized spacial score (nSPS) is 15.5. The maximum absolute atomic E-state index is 2.60. The van der Waals surface area contributed by atoms with Gasteiger partial charge in [0.15, 0.2) is 0 Å². The molecule has 0 spiro atoms. The monoisotopic (exact) mass is 185 g/mol. The van der Waals surface area contributed by atoms with E-state index in [1.54, 1.807) is 0 Å². The van der Waals surface area contributed by atoms with Gasteiger partial charge >= 0.3 is 0 Å². The third-order valence-corrected chi connectivity index (χ3v) is 2.48. The van der Waals surface area contributed by atoms with E-state index in [9.17, 15) is 0 Å². The van der Waals surface area contributed by atoms with Crippen LogP contribution >= 0.6 is 0 Å². The summed E-state index contributed by atoms with van der Waals surface area (Å²) < 4.78 is 0. The SMILES string of the molecule is CCC(C)N(CC(C)(C)C)C(C)C. The zero-order valence-corrected chi connectivity index (χ0v) is 10.5. The Balaban J connectivity index is 4.27. The average molecular weight is 185 g/mol. The van der Waals surface area contributed by atoms with Crippen LogP contribution in [0.4, 0.5) is 0 Å². The van der Waals surface area contributed by atoms with Crippen LogP contribution < -0.4 is 0 Å². The largest absolute Gasteiger partial charge is 0.298 e. The standard InChI is InChI=1S/C12H27N/c1-8-11(4)13(10(2)3)9-12(5,6)7/h10-11H,8-9H2,1-7H3. The van der Waals surface area contributed by atoms with E-state index in [-0.39, 0.29) is 0 Å². The third-order valence-electron chi connectivity index (χ3n) is 2.48. The fraction of sp³-hybridized carbons (Fsp3) is 1.00. The average Bonchev–Trinajstić information content (AvgIpc) is 1.96. The van der Waals surface area contributed by atoms with Crippen LogP contribution in [0.2, 0.25) is 0 Å². The molecule has 1 heteroatoms.